The molecule has 0 N–H and O–H groups in total. The van der Waals surface area contributed by atoms with Gasteiger partial charge in [-0.25, -0.2) is 0 Å². The number of rotatable bonds is 8. The van der Waals surface area contributed by atoms with Crippen molar-refractivity contribution in [3.8, 4) is 22.3 Å². The molecule has 0 amide bonds. The van der Waals surface area contributed by atoms with Crippen LogP contribution < -0.4 is 0 Å². The topological polar surface area (TPSA) is 25.8 Å². The molecule has 2 atom stereocenters. The molecule has 2 aromatic heterocycles. The van der Waals surface area contributed by atoms with Crippen molar-refractivity contribution in [3.05, 3.63) is 178 Å². The van der Waals surface area contributed by atoms with Gasteiger partial charge < -0.3 is 0 Å². The first-order chi connectivity index (χ1) is 24.0. The maximum atomic E-state index is 4.93. The molecule has 4 aromatic carbocycles. The minimum absolute atomic E-state index is 0.348. The van der Waals surface area contributed by atoms with Crippen LogP contribution in [0.15, 0.2) is 134 Å². The number of pyridine rings is 2. The van der Waals surface area contributed by atoms with Crippen molar-refractivity contribution in [2.75, 3.05) is 0 Å². The van der Waals surface area contributed by atoms with Gasteiger partial charge in [0.15, 0.2) is 0 Å². The van der Waals surface area contributed by atoms with Crippen molar-refractivity contribution in [2.24, 2.45) is 0 Å². The van der Waals surface area contributed by atoms with Crippen LogP contribution in [0.4, 0.5) is 0 Å². The van der Waals surface area contributed by atoms with E-state index in [0.717, 1.165) is 11.4 Å². The molecule has 0 bridgehead atoms. The van der Waals surface area contributed by atoms with Crippen LogP contribution in [0.3, 0.4) is 0 Å². The maximum absolute atomic E-state index is 4.93. The predicted molar refractivity (Wildman–Crippen MR) is 202 cm³/mol. The van der Waals surface area contributed by atoms with E-state index < -0.39 is 23.2 Å². The SMILES string of the molecule is CC(C)c1ccc(-c2cccc3c2C=C(c2ccccn2)[CH]3[Zr][CH]2C(c3ccccn3)=Cc3c(-c4ccc(C(C)C)cc4)cccc32)cc1. The molecule has 2 aliphatic carbocycles. The molecule has 2 nitrogen and oxygen atoms in total. The molecule has 238 valence electrons. The molecule has 6 aromatic rings. The molecule has 2 heterocycles. The second-order valence-corrected chi connectivity index (χ2v) is 17.5. The third-order valence-electron chi connectivity index (χ3n) is 10.2. The first-order valence-corrected chi connectivity index (χ1v) is 20.3. The van der Waals surface area contributed by atoms with Crippen LogP contribution in [-0.2, 0) is 23.2 Å². The molecule has 49 heavy (non-hydrogen) atoms. The summed E-state index contributed by atoms with van der Waals surface area (Å²) in [5, 5.41) is 0. The van der Waals surface area contributed by atoms with E-state index in [0.29, 0.717) is 19.1 Å². The third-order valence-corrected chi connectivity index (χ3v) is 14.9. The van der Waals surface area contributed by atoms with Crippen molar-refractivity contribution in [3.63, 3.8) is 0 Å². The molecular weight excluding hydrogens is 672 g/mol. The molecular formula is C46H40N2Zr. The Labute approximate surface area is 302 Å². The quantitative estimate of drug-likeness (QED) is 0.157. The van der Waals surface area contributed by atoms with E-state index in [1.807, 2.05) is 24.5 Å². The van der Waals surface area contributed by atoms with Gasteiger partial charge in [0.2, 0.25) is 0 Å². The van der Waals surface area contributed by atoms with Crippen molar-refractivity contribution < 1.29 is 23.2 Å². The molecule has 0 radical (unpaired) electrons. The van der Waals surface area contributed by atoms with Gasteiger partial charge in [0.25, 0.3) is 0 Å². The van der Waals surface area contributed by atoms with E-state index in [2.05, 4.69) is 149 Å². The minimum atomic E-state index is -1.28. The number of fused-ring (bicyclic) bond motifs is 2. The van der Waals surface area contributed by atoms with Gasteiger partial charge in [-0.2, -0.15) is 0 Å². The Morgan fingerprint density at radius 3 is 1.27 bits per heavy atom. The fourth-order valence-electron chi connectivity index (χ4n) is 7.44. The Kier molecular flexibility index (Phi) is 8.73. The fourth-order valence-corrected chi connectivity index (χ4v) is 12.4. The van der Waals surface area contributed by atoms with Gasteiger partial charge in [0, 0.05) is 0 Å². The van der Waals surface area contributed by atoms with Gasteiger partial charge in [-0.3, -0.25) is 0 Å². The fraction of sp³-hybridized carbons (Fsp3) is 0.174. The van der Waals surface area contributed by atoms with Gasteiger partial charge in [0.1, 0.15) is 0 Å². The van der Waals surface area contributed by atoms with Gasteiger partial charge in [0.05, 0.1) is 0 Å². The first kappa shape index (κ1) is 31.8. The summed E-state index contributed by atoms with van der Waals surface area (Å²) in [6.07, 6.45) is 8.80. The Balaban J connectivity index is 1.25. The van der Waals surface area contributed by atoms with E-state index >= 15 is 0 Å². The summed E-state index contributed by atoms with van der Waals surface area (Å²) in [5.41, 5.74) is 18.4. The Hall–Kier alpha value is -4.46. The Morgan fingerprint density at radius 1 is 0.469 bits per heavy atom. The average Bonchev–Trinajstić information content (AvgIpc) is 3.71. The van der Waals surface area contributed by atoms with E-state index in [9.17, 15) is 0 Å². The van der Waals surface area contributed by atoms with Crippen LogP contribution >= 0.6 is 0 Å². The molecule has 0 saturated heterocycles. The van der Waals surface area contributed by atoms with Gasteiger partial charge in [-0.15, -0.1) is 0 Å². The van der Waals surface area contributed by atoms with Crippen molar-refractivity contribution in [1.82, 2.24) is 9.97 Å². The van der Waals surface area contributed by atoms with Crippen molar-refractivity contribution >= 4 is 23.3 Å². The van der Waals surface area contributed by atoms with Gasteiger partial charge in [-0.1, -0.05) is 0 Å². The number of allylic oxidation sites excluding steroid dienone is 2. The zero-order valence-electron chi connectivity index (χ0n) is 28.6. The summed E-state index contributed by atoms with van der Waals surface area (Å²) in [5.74, 6) is 1.02. The normalized spacial score (nSPS) is 16.4. The van der Waals surface area contributed by atoms with E-state index in [-0.39, 0.29) is 0 Å². The van der Waals surface area contributed by atoms with Crippen LogP contribution in [-0.4, -0.2) is 9.97 Å². The predicted octanol–water partition coefficient (Wildman–Crippen LogP) is 12.0. The van der Waals surface area contributed by atoms with E-state index in [1.165, 1.54) is 66.8 Å². The third kappa shape index (κ3) is 6.04. The van der Waals surface area contributed by atoms with Crippen LogP contribution in [0.25, 0.3) is 45.6 Å². The molecule has 0 saturated carbocycles. The summed E-state index contributed by atoms with van der Waals surface area (Å²) >= 11 is -1.28. The average molecular weight is 712 g/mol. The summed E-state index contributed by atoms with van der Waals surface area (Å²) in [6, 6.07) is 44.9. The molecule has 2 unspecified atom stereocenters. The van der Waals surface area contributed by atoms with Gasteiger partial charge in [-0.05, 0) is 0 Å². The molecule has 8 rings (SSSR count). The first-order valence-electron chi connectivity index (χ1n) is 17.4. The van der Waals surface area contributed by atoms with Crippen LogP contribution in [0, 0.1) is 0 Å². The summed E-state index contributed by atoms with van der Waals surface area (Å²) < 4.78 is 0.695. The second-order valence-electron chi connectivity index (χ2n) is 13.8. The molecule has 0 spiro atoms. The molecule has 0 aliphatic heterocycles. The molecule has 2 aliphatic rings. The number of hydrogen-bond acceptors (Lipinski definition) is 2. The number of hydrogen-bond donors (Lipinski definition) is 0. The molecule has 0 fully saturated rings. The van der Waals surface area contributed by atoms with E-state index in [1.54, 1.807) is 0 Å². The van der Waals surface area contributed by atoms with E-state index in [4.69, 9.17) is 9.97 Å². The van der Waals surface area contributed by atoms with Crippen LogP contribution in [0.1, 0.15) is 91.6 Å². The monoisotopic (exact) mass is 710 g/mol. The molecule has 3 heteroatoms. The van der Waals surface area contributed by atoms with Crippen molar-refractivity contribution in [2.45, 2.75) is 46.8 Å². The summed E-state index contributed by atoms with van der Waals surface area (Å²) in [6.45, 7) is 9.03. The van der Waals surface area contributed by atoms with Crippen LogP contribution in [0.5, 0.6) is 0 Å². The number of aromatic nitrogens is 2. The standard InChI is InChI=1S/2C23H20N.Zr/c2*1-16(2)17-9-11-18(12-10-17)21-7-5-6-19-14-20(15-22(19)21)23-8-3-4-13-24-23;/h2*3-16H,1-2H3;. The number of benzene rings is 4. The van der Waals surface area contributed by atoms with Crippen molar-refractivity contribution in [1.29, 1.82) is 0 Å². The zero-order valence-corrected chi connectivity index (χ0v) is 31.0. The Morgan fingerprint density at radius 2 is 0.898 bits per heavy atom. The second kappa shape index (κ2) is 13.5. The van der Waals surface area contributed by atoms with Crippen LogP contribution in [0.2, 0.25) is 0 Å². The zero-order chi connectivity index (χ0) is 33.5. The number of nitrogens with zero attached hydrogens (tertiary/aromatic N) is 2. The Bertz CT molecular complexity index is 2020. The summed E-state index contributed by atoms with van der Waals surface area (Å²) in [7, 11) is 0. The van der Waals surface area contributed by atoms with Gasteiger partial charge >= 0.3 is 304 Å². The summed E-state index contributed by atoms with van der Waals surface area (Å²) in [4.78, 5) is 9.86.